The minimum absolute atomic E-state index is 0.117. The van der Waals surface area contributed by atoms with E-state index in [4.69, 9.17) is 4.74 Å². The fraction of sp³-hybridized carbons (Fsp3) is 0.240. The molecule has 2 aromatic carbocycles. The van der Waals surface area contributed by atoms with Gasteiger partial charge in [0.1, 0.15) is 17.4 Å². The van der Waals surface area contributed by atoms with Crippen LogP contribution < -0.4 is 10.1 Å². The van der Waals surface area contributed by atoms with Crippen LogP contribution in [-0.2, 0) is 6.42 Å². The van der Waals surface area contributed by atoms with Gasteiger partial charge in [-0.05, 0) is 60.7 Å². The number of hydrogen-bond acceptors (Lipinski definition) is 4. The van der Waals surface area contributed by atoms with Crippen molar-refractivity contribution in [2.24, 2.45) is 5.92 Å². The number of ether oxygens (including phenoxy) is 1. The molecule has 8 heteroatoms. The number of anilines is 1. The number of nitrogens with one attached hydrogen (secondary N) is 2. The second-order valence-electron chi connectivity index (χ2n) is 8.24. The van der Waals surface area contributed by atoms with Crippen molar-refractivity contribution in [2.75, 3.05) is 12.4 Å². The zero-order valence-electron chi connectivity index (χ0n) is 18.6. The van der Waals surface area contributed by atoms with E-state index in [0.717, 1.165) is 6.42 Å². The monoisotopic (exact) mass is 450 g/mol. The summed E-state index contributed by atoms with van der Waals surface area (Å²) in [6.07, 6.45) is 2.87. The van der Waals surface area contributed by atoms with Crippen LogP contribution in [0.3, 0.4) is 0 Å². The molecule has 2 N–H and O–H groups in total. The molecule has 0 spiro atoms. The summed E-state index contributed by atoms with van der Waals surface area (Å²) in [6.45, 7) is 4.13. The lowest BCUT2D eigenvalue weighted by Crippen LogP contribution is -2.12. The van der Waals surface area contributed by atoms with Crippen molar-refractivity contribution in [3.63, 3.8) is 0 Å². The number of aromatic amines is 1. The highest BCUT2D eigenvalue weighted by atomic mass is 19.1. The molecule has 0 aliphatic rings. The van der Waals surface area contributed by atoms with Crippen molar-refractivity contribution in [1.29, 1.82) is 0 Å². The Kier molecular flexibility index (Phi) is 6.35. The Hall–Kier alpha value is -3.81. The van der Waals surface area contributed by atoms with Crippen molar-refractivity contribution >= 4 is 22.6 Å². The number of carbonyl (C=O) groups is 1. The van der Waals surface area contributed by atoms with Crippen LogP contribution in [0.15, 0.2) is 48.7 Å². The van der Waals surface area contributed by atoms with Gasteiger partial charge in [-0.25, -0.2) is 8.78 Å². The number of nitrogens with zero attached hydrogens (tertiary/aromatic N) is 2. The largest absolute Gasteiger partial charge is 0.497 e. The van der Waals surface area contributed by atoms with Crippen LogP contribution in [0.1, 0.15) is 36.2 Å². The Bertz CT molecular complexity index is 1290. The molecule has 0 saturated carbocycles. The van der Waals surface area contributed by atoms with Gasteiger partial charge in [0.25, 0.3) is 5.91 Å². The van der Waals surface area contributed by atoms with Gasteiger partial charge in [-0.15, -0.1) is 0 Å². The van der Waals surface area contributed by atoms with Crippen LogP contribution in [0.4, 0.5) is 14.6 Å². The maximum absolute atomic E-state index is 14.9. The zero-order valence-corrected chi connectivity index (χ0v) is 18.6. The number of aromatic nitrogens is 3. The highest BCUT2D eigenvalue weighted by Gasteiger charge is 2.18. The summed E-state index contributed by atoms with van der Waals surface area (Å²) in [4.78, 5) is 16.9. The summed E-state index contributed by atoms with van der Waals surface area (Å²) < 4.78 is 34.9. The van der Waals surface area contributed by atoms with Gasteiger partial charge in [0.15, 0.2) is 5.82 Å². The summed E-state index contributed by atoms with van der Waals surface area (Å²) in [5.41, 5.74) is 1.42. The number of amides is 1. The van der Waals surface area contributed by atoms with Crippen LogP contribution in [0.5, 0.6) is 5.75 Å². The highest BCUT2D eigenvalue weighted by molar-refractivity contribution is 6.08. The highest BCUT2D eigenvalue weighted by Crippen LogP contribution is 2.30. The Labute approximate surface area is 190 Å². The first-order valence-electron chi connectivity index (χ1n) is 10.6. The smallest absolute Gasteiger partial charge is 0.257 e. The van der Waals surface area contributed by atoms with E-state index in [0.29, 0.717) is 40.1 Å². The van der Waals surface area contributed by atoms with Crippen LogP contribution >= 0.6 is 0 Å². The van der Waals surface area contributed by atoms with Crippen LogP contribution in [-0.4, -0.2) is 28.2 Å². The SMILES string of the molecule is COc1cccc(C(=O)Nc2n[nH]c3cnc(-c4c(F)cc(CCC(C)C)cc4F)cc23)c1. The lowest BCUT2D eigenvalue weighted by Gasteiger charge is -2.10. The summed E-state index contributed by atoms with van der Waals surface area (Å²) in [5, 5.41) is 10.1. The molecule has 0 saturated heterocycles. The number of carbonyl (C=O) groups excluding carboxylic acids is 1. The molecule has 0 atom stereocenters. The zero-order chi connectivity index (χ0) is 23.5. The average molecular weight is 450 g/mol. The van der Waals surface area contributed by atoms with E-state index in [1.807, 2.05) is 0 Å². The van der Waals surface area contributed by atoms with Crippen molar-refractivity contribution in [1.82, 2.24) is 15.2 Å². The molecule has 0 aliphatic carbocycles. The molecule has 6 nitrogen and oxygen atoms in total. The number of pyridine rings is 1. The molecule has 0 bridgehead atoms. The molecule has 0 fully saturated rings. The number of halogens is 2. The number of fused-ring (bicyclic) bond motifs is 1. The Morgan fingerprint density at radius 3 is 2.61 bits per heavy atom. The van der Waals surface area contributed by atoms with Gasteiger partial charge in [0.05, 0.1) is 30.1 Å². The fourth-order valence-corrected chi connectivity index (χ4v) is 3.56. The van der Waals surface area contributed by atoms with Crippen molar-refractivity contribution in [2.45, 2.75) is 26.7 Å². The van der Waals surface area contributed by atoms with Crippen molar-refractivity contribution in [3.05, 3.63) is 71.4 Å². The number of hydrogen-bond donors (Lipinski definition) is 2. The lowest BCUT2D eigenvalue weighted by molar-refractivity contribution is 0.102. The first kappa shape index (κ1) is 22.4. The predicted octanol–water partition coefficient (Wildman–Crippen LogP) is 5.75. The molecule has 0 radical (unpaired) electrons. The summed E-state index contributed by atoms with van der Waals surface area (Å²) >= 11 is 0. The van der Waals surface area contributed by atoms with Crippen LogP contribution in [0, 0.1) is 17.6 Å². The fourth-order valence-electron chi connectivity index (χ4n) is 3.56. The maximum atomic E-state index is 14.9. The Balaban J connectivity index is 1.65. The number of methoxy groups -OCH3 is 1. The number of benzene rings is 2. The van der Waals surface area contributed by atoms with Crippen molar-refractivity contribution in [3.8, 4) is 17.0 Å². The standard InChI is InChI=1S/C25H24F2N4O2/c1-14(2)7-8-15-9-19(26)23(20(27)10-15)21-12-18-22(13-28-21)30-31-24(18)29-25(32)16-5-4-6-17(11-16)33-3/h4-6,9-14H,7-8H2,1-3H3,(H2,29,30,31,32). The molecule has 2 aromatic heterocycles. The van der Waals surface area contributed by atoms with Gasteiger partial charge in [-0.1, -0.05) is 19.9 Å². The molecule has 33 heavy (non-hydrogen) atoms. The van der Waals surface area contributed by atoms with Crippen molar-refractivity contribution < 1.29 is 18.3 Å². The minimum Gasteiger partial charge on any atom is -0.497 e. The van der Waals surface area contributed by atoms with E-state index in [9.17, 15) is 13.6 Å². The second kappa shape index (κ2) is 9.36. The Morgan fingerprint density at radius 2 is 1.91 bits per heavy atom. The van der Waals surface area contributed by atoms with E-state index in [2.05, 4.69) is 34.3 Å². The van der Waals surface area contributed by atoms with Gasteiger partial charge < -0.3 is 10.1 Å². The van der Waals surface area contributed by atoms with E-state index in [1.165, 1.54) is 31.5 Å². The quantitative estimate of drug-likeness (QED) is 0.376. The molecule has 1 amide bonds. The third kappa shape index (κ3) is 4.84. The number of rotatable bonds is 7. The lowest BCUT2D eigenvalue weighted by atomic mass is 9.99. The van der Waals surface area contributed by atoms with E-state index >= 15 is 0 Å². The molecule has 4 aromatic rings. The summed E-state index contributed by atoms with van der Waals surface area (Å²) in [6, 6.07) is 10.9. The van der Waals surface area contributed by atoms with E-state index < -0.39 is 17.5 Å². The summed E-state index contributed by atoms with van der Waals surface area (Å²) in [7, 11) is 1.52. The molecular formula is C25H24F2N4O2. The summed E-state index contributed by atoms with van der Waals surface area (Å²) in [5.74, 6) is -0.532. The average Bonchev–Trinajstić information content (AvgIpc) is 3.19. The first-order chi connectivity index (χ1) is 15.9. The number of H-pyrrole nitrogens is 1. The molecule has 0 aliphatic heterocycles. The second-order valence-corrected chi connectivity index (χ2v) is 8.24. The third-order valence-corrected chi connectivity index (χ3v) is 5.38. The van der Waals surface area contributed by atoms with Crippen LogP contribution in [0.2, 0.25) is 0 Å². The van der Waals surface area contributed by atoms with Crippen LogP contribution in [0.25, 0.3) is 22.2 Å². The van der Waals surface area contributed by atoms with Gasteiger partial charge in [-0.3, -0.25) is 14.9 Å². The Morgan fingerprint density at radius 1 is 1.15 bits per heavy atom. The van der Waals surface area contributed by atoms with Gasteiger partial charge in [0, 0.05) is 10.9 Å². The third-order valence-electron chi connectivity index (χ3n) is 5.38. The van der Waals surface area contributed by atoms with E-state index in [-0.39, 0.29) is 17.1 Å². The molecule has 4 rings (SSSR count). The molecular weight excluding hydrogens is 426 g/mol. The first-order valence-corrected chi connectivity index (χ1v) is 10.6. The maximum Gasteiger partial charge on any atom is 0.257 e. The minimum atomic E-state index is -0.675. The molecule has 2 heterocycles. The van der Waals surface area contributed by atoms with E-state index in [1.54, 1.807) is 24.3 Å². The number of aryl methyl sites for hydroxylation is 1. The molecule has 0 unspecified atom stereocenters. The van der Waals surface area contributed by atoms with Gasteiger partial charge in [0.2, 0.25) is 0 Å². The predicted molar refractivity (Wildman–Crippen MR) is 123 cm³/mol. The molecule has 170 valence electrons. The van der Waals surface area contributed by atoms with Gasteiger partial charge >= 0.3 is 0 Å². The van der Waals surface area contributed by atoms with Gasteiger partial charge in [-0.2, -0.15) is 5.10 Å². The normalized spacial score (nSPS) is 11.2. The topological polar surface area (TPSA) is 79.9 Å².